The van der Waals surface area contributed by atoms with Gasteiger partial charge in [0.2, 0.25) is 0 Å². The molecular formula is C14H12N4O3S2. The van der Waals surface area contributed by atoms with Crippen molar-refractivity contribution in [2.75, 3.05) is 5.32 Å². The van der Waals surface area contributed by atoms with Crippen LogP contribution in [-0.4, -0.2) is 21.4 Å². The number of thiazole rings is 2. The van der Waals surface area contributed by atoms with Gasteiger partial charge in [0.15, 0.2) is 15.7 Å². The average Bonchev–Trinajstić information content (AvgIpc) is 3.23. The normalized spacial score (nSPS) is 11.6. The van der Waals surface area contributed by atoms with E-state index in [0.29, 0.717) is 15.6 Å². The number of furan rings is 1. The molecular weight excluding hydrogens is 336 g/mol. The number of aryl methyl sites for hydroxylation is 1. The summed E-state index contributed by atoms with van der Waals surface area (Å²) >= 11 is 2.64. The zero-order valence-electron chi connectivity index (χ0n) is 12.1. The number of aromatic nitrogens is 2. The Labute approximate surface area is 138 Å². The van der Waals surface area contributed by atoms with E-state index in [4.69, 9.17) is 4.42 Å². The highest BCUT2D eigenvalue weighted by molar-refractivity contribution is 7.14. The Kier molecular flexibility index (Phi) is 4.49. The van der Waals surface area contributed by atoms with Gasteiger partial charge >= 0.3 is 0 Å². The summed E-state index contributed by atoms with van der Waals surface area (Å²) in [5.74, 6) is -0.451. The van der Waals surface area contributed by atoms with Crippen molar-refractivity contribution < 1.29 is 14.0 Å². The van der Waals surface area contributed by atoms with Crippen LogP contribution in [0.15, 0.2) is 44.8 Å². The SMILES string of the molecule is Cn1ccsc1=NC(=O)Cc1csc(NC(=O)c2ccco2)n1. The highest BCUT2D eigenvalue weighted by Crippen LogP contribution is 2.17. The first-order chi connectivity index (χ1) is 11.1. The van der Waals surface area contributed by atoms with E-state index in [-0.39, 0.29) is 24.0 Å². The van der Waals surface area contributed by atoms with Crippen molar-refractivity contribution in [1.82, 2.24) is 9.55 Å². The Hall–Kier alpha value is -2.52. The fourth-order valence-corrected chi connectivity index (χ4v) is 3.20. The molecule has 9 heteroatoms. The van der Waals surface area contributed by atoms with Crippen LogP contribution in [0.3, 0.4) is 0 Å². The summed E-state index contributed by atoms with van der Waals surface area (Å²) in [7, 11) is 1.83. The minimum Gasteiger partial charge on any atom is -0.459 e. The molecule has 3 rings (SSSR count). The van der Waals surface area contributed by atoms with Gasteiger partial charge in [0, 0.05) is 24.0 Å². The molecule has 7 nitrogen and oxygen atoms in total. The number of anilines is 1. The number of hydrogen-bond donors (Lipinski definition) is 1. The van der Waals surface area contributed by atoms with Crippen LogP contribution >= 0.6 is 22.7 Å². The summed E-state index contributed by atoms with van der Waals surface area (Å²) in [4.78, 5) is 32.6. The quantitative estimate of drug-likeness (QED) is 0.781. The van der Waals surface area contributed by atoms with E-state index in [2.05, 4.69) is 15.3 Å². The molecule has 118 valence electrons. The van der Waals surface area contributed by atoms with Crippen LogP contribution in [0.4, 0.5) is 5.13 Å². The van der Waals surface area contributed by atoms with Gasteiger partial charge < -0.3 is 8.98 Å². The lowest BCUT2D eigenvalue weighted by Crippen LogP contribution is -2.14. The van der Waals surface area contributed by atoms with Gasteiger partial charge in [-0.2, -0.15) is 4.99 Å². The number of nitrogens with zero attached hydrogens (tertiary/aromatic N) is 3. The van der Waals surface area contributed by atoms with Crippen molar-refractivity contribution >= 4 is 39.6 Å². The standard InChI is InChI=1S/C14H12N4O3S2/c1-18-4-6-22-14(18)16-11(19)7-9-8-23-13(15-9)17-12(20)10-3-2-5-21-10/h2-6,8H,7H2,1H3,(H,15,17,20). The highest BCUT2D eigenvalue weighted by atomic mass is 32.1. The second-order valence-electron chi connectivity index (χ2n) is 4.55. The fourth-order valence-electron chi connectivity index (χ4n) is 1.75. The Bertz CT molecular complexity index is 889. The van der Waals surface area contributed by atoms with Crippen LogP contribution in [0.2, 0.25) is 0 Å². The molecule has 3 aromatic rings. The van der Waals surface area contributed by atoms with E-state index < -0.39 is 0 Å². The number of amides is 2. The number of carbonyl (C=O) groups is 2. The van der Waals surface area contributed by atoms with Gasteiger partial charge in [0.25, 0.3) is 11.8 Å². The topological polar surface area (TPSA) is 89.5 Å². The minimum absolute atomic E-state index is 0.0883. The number of carbonyl (C=O) groups excluding carboxylic acids is 2. The first kappa shape index (κ1) is 15.4. The van der Waals surface area contributed by atoms with Crippen LogP contribution in [0.25, 0.3) is 0 Å². The summed E-state index contributed by atoms with van der Waals surface area (Å²) in [6.07, 6.45) is 3.35. The molecule has 0 saturated heterocycles. The predicted molar refractivity (Wildman–Crippen MR) is 86.3 cm³/mol. The maximum absolute atomic E-state index is 11.9. The zero-order valence-corrected chi connectivity index (χ0v) is 13.7. The van der Waals surface area contributed by atoms with Gasteiger partial charge in [0.05, 0.1) is 18.4 Å². The van der Waals surface area contributed by atoms with E-state index in [0.717, 1.165) is 0 Å². The van der Waals surface area contributed by atoms with Gasteiger partial charge in [-0.15, -0.1) is 22.7 Å². The summed E-state index contributed by atoms with van der Waals surface area (Å²) < 4.78 is 6.78. The van der Waals surface area contributed by atoms with Gasteiger partial charge in [-0.25, -0.2) is 4.98 Å². The molecule has 3 aromatic heterocycles. The lowest BCUT2D eigenvalue weighted by atomic mass is 10.3. The lowest BCUT2D eigenvalue weighted by Gasteiger charge is -1.97. The van der Waals surface area contributed by atoms with Crippen molar-refractivity contribution in [3.8, 4) is 0 Å². The molecule has 0 spiro atoms. The Morgan fingerprint density at radius 3 is 3.00 bits per heavy atom. The number of nitrogens with one attached hydrogen (secondary N) is 1. The van der Waals surface area contributed by atoms with Crippen molar-refractivity contribution in [2.45, 2.75) is 6.42 Å². The smallest absolute Gasteiger partial charge is 0.293 e. The zero-order chi connectivity index (χ0) is 16.2. The third-order valence-corrected chi connectivity index (χ3v) is 4.48. The monoisotopic (exact) mass is 348 g/mol. The summed E-state index contributed by atoms with van der Waals surface area (Å²) in [6.45, 7) is 0. The maximum atomic E-state index is 11.9. The third-order valence-electron chi connectivity index (χ3n) is 2.83. The summed E-state index contributed by atoms with van der Waals surface area (Å²) in [6, 6.07) is 3.19. The highest BCUT2D eigenvalue weighted by Gasteiger charge is 2.12. The largest absolute Gasteiger partial charge is 0.459 e. The second-order valence-corrected chi connectivity index (χ2v) is 6.29. The lowest BCUT2D eigenvalue weighted by molar-refractivity contribution is -0.117. The summed E-state index contributed by atoms with van der Waals surface area (Å²) in [5.41, 5.74) is 0.567. The fraction of sp³-hybridized carbons (Fsp3) is 0.143. The molecule has 0 aliphatic carbocycles. The van der Waals surface area contributed by atoms with Crippen molar-refractivity contribution in [1.29, 1.82) is 0 Å². The molecule has 1 N–H and O–H groups in total. The summed E-state index contributed by atoms with van der Waals surface area (Å²) in [5, 5.41) is 6.62. The molecule has 0 saturated carbocycles. The van der Waals surface area contributed by atoms with Gasteiger partial charge in [0.1, 0.15) is 0 Å². The van der Waals surface area contributed by atoms with E-state index in [1.165, 1.54) is 28.9 Å². The minimum atomic E-state index is -0.377. The van der Waals surface area contributed by atoms with Crippen LogP contribution < -0.4 is 10.1 Å². The van der Waals surface area contributed by atoms with E-state index in [9.17, 15) is 9.59 Å². The molecule has 0 atom stereocenters. The third kappa shape index (κ3) is 3.82. The molecule has 0 radical (unpaired) electrons. The Morgan fingerprint density at radius 2 is 2.30 bits per heavy atom. The Morgan fingerprint density at radius 1 is 1.43 bits per heavy atom. The first-order valence-electron chi connectivity index (χ1n) is 6.59. The second kappa shape index (κ2) is 6.71. The van der Waals surface area contributed by atoms with Gasteiger partial charge in [-0.1, -0.05) is 0 Å². The predicted octanol–water partition coefficient (Wildman–Crippen LogP) is 2.06. The average molecular weight is 348 g/mol. The first-order valence-corrected chi connectivity index (χ1v) is 8.34. The molecule has 0 aromatic carbocycles. The van der Waals surface area contributed by atoms with Gasteiger partial charge in [-0.3, -0.25) is 14.9 Å². The Balaban J connectivity index is 1.64. The maximum Gasteiger partial charge on any atom is 0.293 e. The molecule has 0 unspecified atom stereocenters. The van der Waals surface area contributed by atoms with E-state index in [1.54, 1.807) is 22.1 Å². The molecule has 23 heavy (non-hydrogen) atoms. The van der Waals surface area contributed by atoms with Crippen LogP contribution in [0, 0.1) is 0 Å². The molecule has 0 aliphatic heterocycles. The number of rotatable bonds is 4. The molecule has 2 amide bonds. The van der Waals surface area contributed by atoms with E-state index in [1.807, 2.05) is 18.6 Å². The van der Waals surface area contributed by atoms with Crippen LogP contribution in [-0.2, 0) is 18.3 Å². The molecule has 0 aliphatic rings. The van der Waals surface area contributed by atoms with Crippen LogP contribution in [0.1, 0.15) is 16.2 Å². The van der Waals surface area contributed by atoms with Crippen LogP contribution in [0.5, 0.6) is 0 Å². The molecule has 0 fully saturated rings. The van der Waals surface area contributed by atoms with Gasteiger partial charge in [-0.05, 0) is 12.1 Å². The van der Waals surface area contributed by atoms with Crippen molar-refractivity contribution in [3.63, 3.8) is 0 Å². The number of hydrogen-bond acceptors (Lipinski definition) is 6. The van der Waals surface area contributed by atoms with Crippen molar-refractivity contribution in [2.24, 2.45) is 12.0 Å². The van der Waals surface area contributed by atoms with E-state index >= 15 is 0 Å². The van der Waals surface area contributed by atoms with Crippen molar-refractivity contribution in [3.05, 3.63) is 51.6 Å². The molecule has 0 bridgehead atoms. The molecule has 3 heterocycles.